The molecule has 0 atom stereocenters. The average molecular weight is 582 g/mol. The number of carbonyl (C=O) groups excluding carboxylic acids is 2. The van der Waals surface area contributed by atoms with Gasteiger partial charge in [-0.15, -0.1) is 0 Å². The molecule has 12 heteroatoms. The third kappa shape index (κ3) is 7.26. The Bertz CT molecular complexity index is 1130. The van der Waals surface area contributed by atoms with Crippen molar-refractivity contribution in [1.29, 1.82) is 0 Å². The van der Waals surface area contributed by atoms with Crippen LogP contribution in [0.4, 0.5) is 0 Å². The second kappa shape index (κ2) is 14.4. The average Bonchev–Trinajstić information content (AvgIpc) is 3.15. The summed E-state index contributed by atoms with van der Waals surface area (Å²) < 4.78 is 55.6. The molecule has 2 aromatic rings. The van der Waals surface area contributed by atoms with E-state index >= 15 is 0 Å². The van der Waals surface area contributed by atoms with E-state index in [4.69, 9.17) is 22.8 Å². The lowest BCUT2D eigenvalue weighted by Crippen LogP contribution is -2.30. The van der Waals surface area contributed by atoms with E-state index in [1.54, 1.807) is 76.2 Å². The van der Waals surface area contributed by atoms with Crippen molar-refractivity contribution in [3.8, 4) is 5.75 Å². The molecule has 1 aliphatic heterocycles. The van der Waals surface area contributed by atoms with Gasteiger partial charge in [-0.3, -0.25) is 23.6 Å². The maximum atomic E-state index is 13.8. The van der Waals surface area contributed by atoms with E-state index in [1.165, 1.54) is 4.90 Å². The van der Waals surface area contributed by atoms with Gasteiger partial charge in [-0.25, -0.2) is 0 Å². The van der Waals surface area contributed by atoms with Crippen LogP contribution in [0, 0.1) is 0 Å². The third-order valence-corrected chi connectivity index (χ3v) is 11.9. The number of carbonyl (C=O) groups is 2. The van der Waals surface area contributed by atoms with E-state index in [-0.39, 0.29) is 38.2 Å². The van der Waals surface area contributed by atoms with Gasteiger partial charge in [0.05, 0.1) is 44.2 Å². The molecule has 0 fully saturated rings. The van der Waals surface area contributed by atoms with Gasteiger partial charge in [-0.05, 0) is 70.4 Å². The van der Waals surface area contributed by atoms with Crippen molar-refractivity contribution in [2.24, 2.45) is 0 Å². The molecule has 1 aliphatic rings. The summed E-state index contributed by atoms with van der Waals surface area (Å²) in [7, 11) is -7.87. The molecule has 2 amide bonds. The normalized spacial score (nSPS) is 13.8. The molecule has 10 nitrogen and oxygen atoms in total. The van der Waals surface area contributed by atoms with Gasteiger partial charge in [-0.2, -0.15) is 0 Å². The number of imide groups is 1. The number of fused-ring (bicyclic) bond motifs is 1. The van der Waals surface area contributed by atoms with Gasteiger partial charge in [-0.1, -0.05) is 24.3 Å². The zero-order valence-corrected chi connectivity index (χ0v) is 24.7. The molecule has 0 spiro atoms. The summed E-state index contributed by atoms with van der Waals surface area (Å²) in [6.07, 6.45) is 1.20. The van der Waals surface area contributed by atoms with Crippen LogP contribution in [0.1, 0.15) is 72.2 Å². The highest BCUT2D eigenvalue weighted by Gasteiger charge is 2.51. The first-order chi connectivity index (χ1) is 18.7. The summed E-state index contributed by atoms with van der Waals surface area (Å²) in [5.41, 5.74) is 1.30. The first-order valence-corrected chi connectivity index (χ1v) is 16.4. The van der Waals surface area contributed by atoms with Crippen LogP contribution < -0.4 is 4.74 Å². The minimum Gasteiger partial charge on any atom is -0.494 e. The van der Waals surface area contributed by atoms with Gasteiger partial charge in [0, 0.05) is 6.54 Å². The Morgan fingerprint density at radius 1 is 0.692 bits per heavy atom. The van der Waals surface area contributed by atoms with E-state index < -0.39 is 20.6 Å². The summed E-state index contributed by atoms with van der Waals surface area (Å²) in [6, 6.07) is 13.5. The number of ether oxygens (including phenoxy) is 1. The summed E-state index contributed by atoms with van der Waals surface area (Å²) in [5, 5.41) is -1.27. The fraction of sp³-hybridized carbons (Fsp3) is 0.481. The van der Waals surface area contributed by atoms with Crippen molar-refractivity contribution in [3.05, 3.63) is 65.2 Å². The SMILES string of the molecule is CCOP(=O)(OCC)C(c1ccc(OCCCCN2C(=O)c3ccccc3C2=O)cc1)P(=O)(OCC)OCC. The molecule has 0 saturated heterocycles. The molecule has 1 heterocycles. The predicted molar refractivity (Wildman–Crippen MR) is 147 cm³/mol. The minimum absolute atomic E-state index is 0.0912. The second-order valence-corrected chi connectivity index (χ2v) is 13.2. The molecule has 0 unspecified atom stereocenters. The Balaban J connectivity index is 1.65. The van der Waals surface area contributed by atoms with E-state index in [0.717, 1.165) is 0 Å². The van der Waals surface area contributed by atoms with E-state index in [1.807, 2.05) is 0 Å². The van der Waals surface area contributed by atoms with Crippen molar-refractivity contribution in [1.82, 2.24) is 4.90 Å². The number of unbranched alkanes of at least 4 members (excludes halogenated alkanes) is 1. The van der Waals surface area contributed by atoms with Crippen LogP contribution in [-0.4, -0.2) is 56.3 Å². The Labute approximate surface area is 230 Å². The first kappa shape index (κ1) is 31.2. The smallest absolute Gasteiger partial charge is 0.350 e. The summed E-state index contributed by atoms with van der Waals surface area (Å²) in [6.45, 7) is 7.76. The van der Waals surface area contributed by atoms with E-state index in [0.29, 0.717) is 48.4 Å². The summed E-state index contributed by atoms with van der Waals surface area (Å²) >= 11 is 0. The first-order valence-electron chi connectivity index (χ1n) is 13.2. The van der Waals surface area contributed by atoms with Crippen LogP contribution in [0.15, 0.2) is 48.5 Å². The van der Waals surface area contributed by atoms with Crippen molar-refractivity contribution in [2.45, 2.75) is 45.9 Å². The van der Waals surface area contributed by atoms with Crippen molar-refractivity contribution in [2.75, 3.05) is 39.6 Å². The fourth-order valence-corrected chi connectivity index (χ4v) is 9.77. The molecule has 2 aromatic carbocycles. The molecule has 0 N–H and O–H groups in total. The van der Waals surface area contributed by atoms with Crippen LogP contribution in [0.3, 0.4) is 0 Å². The van der Waals surface area contributed by atoms with Gasteiger partial charge >= 0.3 is 15.2 Å². The molecular weight excluding hydrogens is 544 g/mol. The molecule has 0 bridgehead atoms. The monoisotopic (exact) mass is 581 g/mol. The highest BCUT2D eigenvalue weighted by Crippen LogP contribution is 2.78. The molecule has 39 heavy (non-hydrogen) atoms. The van der Waals surface area contributed by atoms with Crippen molar-refractivity contribution in [3.63, 3.8) is 0 Å². The highest BCUT2D eigenvalue weighted by molar-refractivity contribution is 7.72. The number of rotatable bonds is 17. The van der Waals surface area contributed by atoms with E-state index in [2.05, 4.69) is 0 Å². The number of hydrogen-bond donors (Lipinski definition) is 0. The molecule has 0 saturated carbocycles. The van der Waals surface area contributed by atoms with E-state index in [9.17, 15) is 18.7 Å². The molecule has 0 radical (unpaired) electrons. The predicted octanol–water partition coefficient (Wildman–Crippen LogP) is 6.67. The molecule has 0 aromatic heterocycles. The number of hydrogen-bond acceptors (Lipinski definition) is 9. The molecule has 3 rings (SSSR count). The lowest BCUT2D eigenvalue weighted by molar-refractivity contribution is 0.0649. The van der Waals surface area contributed by atoms with Gasteiger partial charge in [0.15, 0.2) is 5.40 Å². The minimum atomic E-state index is -3.93. The number of amides is 2. The Kier molecular flexibility index (Phi) is 11.5. The van der Waals surface area contributed by atoms with Crippen LogP contribution in [-0.2, 0) is 27.2 Å². The Hall–Kier alpha value is -2.32. The third-order valence-electron chi connectivity index (χ3n) is 5.94. The largest absolute Gasteiger partial charge is 0.494 e. The fourth-order valence-electron chi connectivity index (χ4n) is 4.36. The maximum Gasteiger partial charge on any atom is 0.350 e. The second-order valence-electron chi connectivity index (χ2n) is 8.56. The van der Waals surface area contributed by atoms with Gasteiger partial charge < -0.3 is 22.8 Å². The summed E-state index contributed by atoms with van der Waals surface area (Å²) in [4.78, 5) is 26.2. The number of benzene rings is 2. The Morgan fingerprint density at radius 2 is 1.15 bits per heavy atom. The molecule has 0 aliphatic carbocycles. The highest BCUT2D eigenvalue weighted by atomic mass is 31.2. The van der Waals surface area contributed by atoms with Gasteiger partial charge in [0.1, 0.15) is 5.75 Å². The van der Waals surface area contributed by atoms with Gasteiger partial charge in [0.25, 0.3) is 11.8 Å². The zero-order chi connectivity index (χ0) is 28.5. The van der Waals surface area contributed by atoms with Crippen LogP contribution in [0.5, 0.6) is 5.75 Å². The number of nitrogens with zero attached hydrogens (tertiary/aromatic N) is 1. The maximum absolute atomic E-state index is 13.8. The van der Waals surface area contributed by atoms with Crippen molar-refractivity contribution >= 4 is 27.0 Å². The van der Waals surface area contributed by atoms with Crippen LogP contribution >= 0.6 is 15.2 Å². The standard InChI is InChI=1S/C27H37NO9P2/c1-5-34-38(31,35-6-2)27(39(32,36-7-3)37-8-4)21-15-17-22(18-16-21)33-20-12-11-19-28-25(29)23-13-9-10-14-24(23)26(28)30/h9-10,13-18,27H,5-8,11-12,19-20H2,1-4H3. The van der Waals surface area contributed by atoms with Crippen LogP contribution in [0.2, 0.25) is 0 Å². The van der Waals surface area contributed by atoms with Crippen molar-refractivity contribution < 1.29 is 41.6 Å². The lowest BCUT2D eigenvalue weighted by Gasteiger charge is -2.31. The molecular formula is C27H37NO9P2. The van der Waals surface area contributed by atoms with Gasteiger partial charge in [0.2, 0.25) is 0 Å². The lowest BCUT2D eigenvalue weighted by atomic mass is 10.1. The topological polar surface area (TPSA) is 118 Å². The summed E-state index contributed by atoms with van der Waals surface area (Å²) in [5.74, 6) is 0.00688. The quantitative estimate of drug-likeness (QED) is 0.115. The van der Waals surface area contributed by atoms with Crippen LogP contribution in [0.25, 0.3) is 0 Å². The Morgan fingerprint density at radius 3 is 1.59 bits per heavy atom. The zero-order valence-electron chi connectivity index (χ0n) is 22.9. The molecule has 214 valence electrons.